The van der Waals surface area contributed by atoms with Crippen LogP contribution in [0, 0.1) is 5.82 Å². The molecule has 0 atom stereocenters. The molecule has 2 aromatic rings. The molecule has 3 heteroatoms. The molecule has 0 aliphatic rings. The van der Waals surface area contributed by atoms with Crippen LogP contribution in [0.1, 0.15) is 10.4 Å². The molecule has 0 amide bonds. The Morgan fingerprint density at radius 3 is 2.87 bits per heavy atom. The first-order valence-corrected chi connectivity index (χ1v) is 4.46. The van der Waals surface area contributed by atoms with Crippen molar-refractivity contribution < 1.29 is 9.18 Å². The molecule has 0 fully saturated rings. The van der Waals surface area contributed by atoms with Crippen molar-refractivity contribution in [2.24, 2.45) is 0 Å². The zero-order chi connectivity index (χ0) is 10.7. The van der Waals surface area contributed by atoms with Gasteiger partial charge in [0.1, 0.15) is 5.82 Å². The van der Waals surface area contributed by atoms with E-state index in [0.717, 1.165) is 0 Å². The Balaban J connectivity index is 2.58. The van der Waals surface area contributed by atoms with Crippen LogP contribution in [-0.4, -0.2) is 11.3 Å². The average Bonchev–Trinajstić information content (AvgIpc) is 2.29. The van der Waals surface area contributed by atoms with Gasteiger partial charge in [0.2, 0.25) is 0 Å². The summed E-state index contributed by atoms with van der Waals surface area (Å²) in [6.07, 6.45) is 3.76. The van der Waals surface area contributed by atoms with Crippen LogP contribution in [0.25, 0.3) is 11.1 Å². The Labute approximate surface area is 86.4 Å². The summed E-state index contributed by atoms with van der Waals surface area (Å²) in [6.45, 7) is 0. The largest absolute Gasteiger partial charge is 0.298 e. The molecule has 2 nitrogen and oxygen atoms in total. The number of carbonyl (C=O) groups excluding carboxylic acids is 1. The monoisotopic (exact) mass is 201 g/mol. The molecule has 0 aliphatic carbocycles. The Morgan fingerprint density at radius 1 is 1.27 bits per heavy atom. The highest BCUT2D eigenvalue weighted by molar-refractivity contribution is 5.86. The number of benzene rings is 1. The van der Waals surface area contributed by atoms with Crippen LogP contribution in [0.3, 0.4) is 0 Å². The average molecular weight is 201 g/mol. The van der Waals surface area contributed by atoms with Crippen LogP contribution in [-0.2, 0) is 0 Å². The maximum atomic E-state index is 13.0. The van der Waals surface area contributed by atoms with Crippen molar-refractivity contribution in [1.82, 2.24) is 4.98 Å². The number of hydrogen-bond donors (Lipinski definition) is 0. The number of hydrogen-bond acceptors (Lipinski definition) is 2. The first-order valence-electron chi connectivity index (χ1n) is 4.46. The topological polar surface area (TPSA) is 30.0 Å². The first-order chi connectivity index (χ1) is 7.31. The van der Waals surface area contributed by atoms with E-state index in [1.165, 1.54) is 18.3 Å². The highest BCUT2D eigenvalue weighted by Crippen LogP contribution is 2.22. The molecule has 0 saturated carbocycles. The lowest BCUT2D eigenvalue weighted by molar-refractivity contribution is 0.112. The summed E-state index contributed by atoms with van der Waals surface area (Å²) in [5, 5.41) is 0. The van der Waals surface area contributed by atoms with Crippen molar-refractivity contribution in [2.75, 3.05) is 0 Å². The van der Waals surface area contributed by atoms with Gasteiger partial charge in [0.25, 0.3) is 0 Å². The number of aldehydes is 1. The molecule has 1 aromatic carbocycles. The number of pyridine rings is 1. The molecule has 0 aliphatic heterocycles. The third-order valence-electron chi connectivity index (χ3n) is 2.11. The van der Waals surface area contributed by atoms with Crippen LogP contribution in [0.15, 0.2) is 42.7 Å². The molecule has 0 spiro atoms. The number of aromatic nitrogens is 1. The van der Waals surface area contributed by atoms with Gasteiger partial charge in [-0.1, -0.05) is 12.1 Å². The molecular formula is C12H8FNO. The minimum absolute atomic E-state index is 0.318. The maximum absolute atomic E-state index is 13.0. The SMILES string of the molecule is O=Cc1cnccc1-c1cccc(F)c1. The van der Waals surface area contributed by atoms with Gasteiger partial charge in [0.05, 0.1) is 0 Å². The van der Waals surface area contributed by atoms with E-state index in [4.69, 9.17) is 0 Å². The lowest BCUT2D eigenvalue weighted by atomic mass is 10.0. The van der Waals surface area contributed by atoms with E-state index in [0.29, 0.717) is 23.0 Å². The van der Waals surface area contributed by atoms with E-state index in [2.05, 4.69) is 4.98 Å². The van der Waals surface area contributed by atoms with E-state index >= 15 is 0 Å². The quantitative estimate of drug-likeness (QED) is 0.699. The first kappa shape index (κ1) is 9.52. The highest BCUT2D eigenvalue weighted by atomic mass is 19.1. The normalized spacial score (nSPS) is 9.93. The smallest absolute Gasteiger partial charge is 0.152 e. The van der Waals surface area contributed by atoms with Gasteiger partial charge in [-0.15, -0.1) is 0 Å². The molecule has 15 heavy (non-hydrogen) atoms. The van der Waals surface area contributed by atoms with Gasteiger partial charge < -0.3 is 0 Å². The van der Waals surface area contributed by atoms with Gasteiger partial charge in [-0.05, 0) is 29.3 Å². The van der Waals surface area contributed by atoms with Crippen LogP contribution < -0.4 is 0 Å². The van der Waals surface area contributed by atoms with E-state index in [9.17, 15) is 9.18 Å². The van der Waals surface area contributed by atoms with Crippen molar-refractivity contribution in [3.63, 3.8) is 0 Å². The van der Waals surface area contributed by atoms with E-state index in [1.54, 1.807) is 24.4 Å². The van der Waals surface area contributed by atoms with Gasteiger partial charge in [-0.25, -0.2) is 4.39 Å². The molecule has 0 unspecified atom stereocenters. The lowest BCUT2D eigenvalue weighted by Crippen LogP contribution is -1.89. The van der Waals surface area contributed by atoms with E-state index in [-0.39, 0.29) is 5.82 Å². The van der Waals surface area contributed by atoms with Crippen LogP contribution in [0.2, 0.25) is 0 Å². The fourth-order valence-corrected chi connectivity index (χ4v) is 1.42. The molecule has 1 heterocycles. The van der Waals surface area contributed by atoms with Crippen molar-refractivity contribution in [1.29, 1.82) is 0 Å². The Hall–Kier alpha value is -2.03. The highest BCUT2D eigenvalue weighted by Gasteiger charge is 2.04. The fourth-order valence-electron chi connectivity index (χ4n) is 1.42. The maximum Gasteiger partial charge on any atom is 0.152 e. The van der Waals surface area contributed by atoms with Crippen molar-refractivity contribution in [3.8, 4) is 11.1 Å². The summed E-state index contributed by atoms with van der Waals surface area (Å²) in [5.41, 5.74) is 1.84. The summed E-state index contributed by atoms with van der Waals surface area (Å²) < 4.78 is 13.0. The Morgan fingerprint density at radius 2 is 2.13 bits per heavy atom. The second-order valence-electron chi connectivity index (χ2n) is 3.09. The van der Waals surface area contributed by atoms with Crippen LogP contribution in [0.4, 0.5) is 4.39 Å². The van der Waals surface area contributed by atoms with Crippen molar-refractivity contribution >= 4 is 6.29 Å². The summed E-state index contributed by atoms with van der Waals surface area (Å²) >= 11 is 0. The van der Waals surface area contributed by atoms with Gasteiger partial charge in [-0.2, -0.15) is 0 Å². The summed E-state index contributed by atoms with van der Waals surface area (Å²) in [4.78, 5) is 14.6. The predicted molar refractivity (Wildman–Crippen MR) is 55.0 cm³/mol. The molecular weight excluding hydrogens is 193 g/mol. The van der Waals surface area contributed by atoms with Crippen molar-refractivity contribution in [3.05, 3.63) is 54.1 Å². The number of nitrogens with zero attached hydrogens (tertiary/aromatic N) is 1. The van der Waals surface area contributed by atoms with Gasteiger partial charge in [0.15, 0.2) is 6.29 Å². The zero-order valence-electron chi connectivity index (χ0n) is 7.85. The molecule has 1 aromatic heterocycles. The van der Waals surface area contributed by atoms with E-state index < -0.39 is 0 Å². The summed E-state index contributed by atoms with van der Waals surface area (Å²) in [5.74, 6) is -0.318. The van der Waals surface area contributed by atoms with Crippen LogP contribution in [0.5, 0.6) is 0 Å². The third kappa shape index (κ3) is 1.91. The molecule has 2 rings (SSSR count). The minimum atomic E-state index is -0.318. The van der Waals surface area contributed by atoms with Crippen LogP contribution >= 0.6 is 0 Å². The van der Waals surface area contributed by atoms with Gasteiger partial charge in [-0.3, -0.25) is 9.78 Å². The predicted octanol–water partition coefficient (Wildman–Crippen LogP) is 2.70. The molecule has 74 valence electrons. The summed E-state index contributed by atoms with van der Waals surface area (Å²) in [7, 11) is 0. The van der Waals surface area contributed by atoms with Gasteiger partial charge in [0, 0.05) is 18.0 Å². The van der Waals surface area contributed by atoms with Gasteiger partial charge >= 0.3 is 0 Å². The summed E-state index contributed by atoms with van der Waals surface area (Å²) in [6, 6.07) is 7.82. The second-order valence-corrected chi connectivity index (χ2v) is 3.09. The molecule has 0 N–H and O–H groups in total. The third-order valence-corrected chi connectivity index (χ3v) is 2.11. The Bertz CT molecular complexity index is 496. The zero-order valence-corrected chi connectivity index (χ0v) is 7.85. The second kappa shape index (κ2) is 4.00. The van der Waals surface area contributed by atoms with E-state index in [1.807, 2.05) is 0 Å². The van der Waals surface area contributed by atoms with Crippen molar-refractivity contribution in [2.45, 2.75) is 0 Å². The number of carbonyl (C=O) groups is 1. The molecule has 0 saturated heterocycles. The number of rotatable bonds is 2. The molecule has 0 bridgehead atoms. The minimum Gasteiger partial charge on any atom is -0.298 e. The lowest BCUT2D eigenvalue weighted by Gasteiger charge is -2.03. The fraction of sp³-hybridized carbons (Fsp3) is 0. The molecule has 0 radical (unpaired) electrons. The standard InChI is InChI=1S/C12H8FNO/c13-11-3-1-2-9(6-11)12-4-5-14-7-10(12)8-15/h1-8H. The number of halogens is 1. The Kier molecular flexibility index (Phi) is 2.54.